The quantitative estimate of drug-likeness (QED) is 0.701. The Morgan fingerprint density at radius 1 is 1.47 bits per heavy atom. The summed E-state index contributed by atoms with van der Waals surface area (Å²) in [6.07, 6.45) is -0.154. The second kappa shape index (κ2) is 5.80. The largest absolute Gasteiger partial charge is 0.370 e. The smallest absolute Gasteiger partial charge is 0.155 e. The van der Waals surface area contributed by atoms with Crippen LogP contribution >= 0.6 is 0 Å². The van der Waals surface area contributed by atoms with Crippen LogP contribution in [-0.2, 0) is 14.2 Å². The Balaban J connectivity index is 2.39. The molecule has 1 N–H and O–H groups in total. The fourth-order valence-electron chi connectivity index (χ4n) is 1.71. The molecule has 1 aliphatic rings. The highest BCUT2D eigenvalue weighted by Crippen LogP contribution is 2.21. The van der Waals surface area contributed by atoms with Crippen LogP contribution in [0.15, 0.2) is 0 Å². The standard InChI is InChI=1S/C11H23NO3/c1-5-13-10(3)15-9(2)11(4)8-12-6-7-14-11/h9-10,12H,5-8H2,1-4H3. The predicted octanol–water partition coefficient (Wildman–Crippen LogP) is 1.15. The van der Waals surface area contributed by atoms with Gasteiger partial charge in [-0.15, -0.1) is 0 Å². The lowest BCUT2D eigenvalue weighted by molar-refractivity contribution is -0.214. The number of nitrogens with one attached hydrogen (secondary N) is 1. The zero-order valence-electron chi connectivity index (χ0n) is 10.2. The lowest BCUT2D eigenvalue weighted by Crippen LogP contribution is -2.55. The molecule has 3 unspecified atom stereocenters. The van der Waals surface area contributed by atoms with Gasteiger partial charge in [-0.2, -0.15) is 0 Å². The van der Waals surface area contributed by atoms with E-state index in [0.29, 0.717) is 6.61 Å². The van der Waals surface area contributed by atoms with Crippen molar-refractivity contribution in [2.45, 2.75) is 45.7 Å². The Labute approximate surface area is 92.3 Å². The van der Waals surface area contributed by atoms with Crippen molar-refractivity contribution in [3.05, 3.63) is 0 Å². The number of hydrogen-bond acceptors (Lipinski definition) is 4. The zero-order valence-corrected chi connectivity index (χ0v) is 10.2. The number of morpholine rings is 1. The van der Waals surface area contributed by atoms with E-state index in [1.807, 2.05) is 20.8 Å². The molecule has 4 heteroatoms. The molecule has 1 heterocycles. The molecule has 1 aliphatic heterocycles. The Morgan fingerprint density at radius 3 is 2.73 bits per heavy atom. The third kappa shape index (κ3) is 3.72. The molecule has 0 spiro atoms. The molecule has 3 atom stereocenters. The minimum atomic E-state index is -0.246. The summed E-state index contributed by atoms with van der Waals surface area (Å²) in [5.74, 6) is 0. The van der Waals surface area contributed by atoms with E-state index < -0.39 is 0 Å². The first-order chi connectivity index (χ1) is 7.08. The highest BCUT2D eigenvalue weighted by molar-refractivity contribution is 4.87. The minimum absolute atomic E-state index is 0.0202. The van der Waals surface area contributed by atoms with Crippen LogP contribution < -0.4 is 5.32 Å². The summed E-state index contributed by atoms with van der Waals surface area (Å²) in [6.45, 7) is 11.1. The Morgan fingerprint density at radius 2 is 2.20 bits per heavy atom. The van der Waals surface area contributed by atoms with Crippen molar-refractivity contribution in [1.82, 2.24) is 5.32 Å². The molecular weight excluding hydrogens is 194 g/mol. The van der Waals surface area contributed by atoms with Crippen LogP contribution in [0.5, 0.6) is 0 Å². The third-order valence-electron chi connectivity index (χ3n) is 2.84. The third-order valence-corrected chi connectivity index (χ3v) is 2.84. The molecule has 0 saturated carbocycles. The molecule has 0 bridgehead atoms. The van der Waals surface area contributed by atoms with E-state index >= 15 is 0 Å². The first-order valence-corrected chi connectivity index (χ1v) is 5.70. The topological polar surface area (TPSA) is 39.7 Å². The van der Waals surface area contributed by atoms with Crippen molar-refractivity contribution in [1.29, 1.82) is 0 Å². The molecule has 1 saturated heterocycles. The summed E-state index contributed by atoms with van der Waals surface area (Å²) in [7, 11) is 0. The van der Waals surface area contributed by atoms with Crippen LogP contribution in [0.3, 0.4) is 0 Å². The molecule has 15 heavy (non-hydrogen) atoms. The van der Waals surface area contributed by atoms with Gasteiger partial charge >= 0.3 is 0 Å². The van der Waals surface area contributed by atoms with Gasteiger partial charge in [0.25, 0.3) is 0 Å². The summed E-state index contributed by atoms with van der Waals surface area (Å²) in [6, 6.07) is 0. The Kier molecular flexibility index (Phi) is 4.99. The van der Waals surface area contributed by atoms with E-state index in [9.17, 15) is 0 Å². The van der Waals surface area contributed by atoms with Crippen LogP contribution in [-0.4, -0.2) is 44.3 Å². The zero-order chi connectivity index (χ0) is 11.3. The minimum Gasteiger partial charge on any atom is -0.370 e. The maximum Gasteiger partial charge on any atom is 0.155 e. The maximum atomic E-state index is 5.76. The van der Waals surface area contributed by atoms with Crippen molar-refractivity contribution in [2.24, 2.45) is 0 Å². The van der Waals surface area contributed by atoms with Gasteiger partial charge in [-0.1, -0.05) is 0 Å². The van der Waals surface area contributed by atoms with Gasteiger partial charge < -0.3 is 19.5 Å². The van der Waals surface area contributed by atoms with Gasteiger partial charge in [-0.3, -0.25) is 0 Å². The SMILES string of the molecule is CCOC(C)OC(C)C1(C)CNCCO1. The highest BCUT2D eigenvalue weighted by Gasteiger charge is 2.35. The number of ether oxygens (including phenoxy) is 3. The molecule has 0 aliphatic carbocycles. The Hall–Kier alpha value is -0.160. The summed E-state index contributed by atoms with van der Waals surface area (Å²) < 4.78 is 16.9. The van der Waals surface area contributed by atoms with Crippen molar-refractivity contribution >= 4 is 0 Å². The van der Waals surface area contributed by atoms with E-state index in [1.54, 1.807) is 0 Å². The van der Waals surface area contributed by atoms with Gasteiger partial charge in [0.15, 0.2) is 6.29 Å². The van der Waals surface area contributed by atoms with Crippen molar-refractivity contribution in [2.75, 3.05) is 26.3 Å². The van der Waals surface area contributed by atoms with Gasteiger partial charge in [0.2, 0.25) is 0 Å². The van der Waals surface area contributed by atoms with Crippen molar-refractivity contribution < 1.29 is 14.2 Å². The summed E-state index contributed by atoms with van der Waals surface area (Å²) in [5, 5.41) is 3.32. The molecule has 0 radical (unpaired) electrons. The first-order valence-electron chi connectivity index (χ1n) is 5.70. The lowest BCUT2D eigenvalue weighted by Gasteiger charge is -2.39. The second-order valence-electron chi connectivity index (χ2n) is 4.14. The fraction of sp³-hybridized carbons (Fsp3) is 1.00. The summed E-state index contributed by atoms with van der Waals surface area (Å²) in [4.78, 5) is 0. The first kappa shape index (κ1) is 12.9. The monoisotopic (exact) mass is 217 g/mol. The molecule has 0 aromatic heterocycles. The lowest BCUT2D eigenvalue weighted by atomic mass is 9.99. The second-order valence-corrected chi connectivity index (χ2v) is 4.14. The van der Waals surface area contributed by atoms with Gasteiger partial charge in [-0.05, 0) is 27.7 Å². The number of hydrogen-bond donors (Lipinski definition) is 1. The van der Waals surface area contributed by atoms with Crippen LogP contribution in [0.4, 0.5) is 0 Å². The normalized spacial score (nSPS) is 31.2. The molecule has 0 amide bonds. The maximum absolute atomic E-state index is 5.76. The van der Waals surface area contributed by atoms with E-state index in [1.165, 1.54) is 0 Å². The predicted molar refractivity (Wildman–Crippen MR) is 58.9 cm³/mol. The van der Waals surface area contributed by atoms with Gasteiger partial charge in [0, 0.05) is 19.7 Å². The molecule has 0 aromatic rings. The summed E-state index contributed by atoms with van der Waals surface area (Å²) >= 11 is 0. The molecule has 1 rings (SSSR count). The Bertz CT molecular complexity index is 181. The summed E-state index contributed by atoms with van der Waals surface area (Å²) in [5.41, 5.74) is -0.246. The van der Waals surface area contributed by atoms with Crippen LogP contribution in [0.2, 0.25) is 0 Å². The molecule has 0 aromatic carbocycles. The molecular formula is C11H23NO3. The van der Waals surface area contributed by atoms with E-state index in [4.69, 9.17) is 14.2 Å². The van der Waals surface area contributed by atoms with Crippen LogP contribution in [0.1, 0.15) is 27.7 Å². The van der Waals surface area contributed by atoms with Crippen LogP contribution in [0, 0.1) is 0 Å². The molecule has 1 fully saturated rings. The highest BCUT2D eigenvalue weighted by atomic mass is 16.7. The van der Waals surface area contributed by atoms with E-state index in [2.05, 4.69) is 12.2 Å². The van der Waals surface area contributed by atoms with E-state index in [0.717, 1.165) is 19.7 Å². The average Bonchev–Trinajstić information content (AvgIpc) is 2.19. The van der Waals surface area contributed by atoms with Gasteiger partial charge in [-0.25, -0.2) is 0 Å². The van der Waals surface area contributed by atoms with Crippen molar-refractivity contribution in [3.8, 4) is 0 Å². The molecule has 4 nitrogen and oxygen atoms in total. The number of rotatable bonds is 5. The van der Waals surface area contributed by atoms with E-state index in [-0.39, 0.29) is 18.0 Å². The van der Waals surface area contributed by atoms with Crippen LogP contribution in [0.25, 0.3) is 0 Å². The van der Waals surface area contributed by atoms with Crippen molar-refractivity contribution in [3.63, 3.8) is 0 Å². The average molecular weight is 217 g/mol. The molecule has 90 valence electrons. The fourth-order valence-corrected chi connectivity index (χ4v) is 1.71. The van der Waals surface area contributed by atoms with Gasteiger partial charge in [0.1, 0.15) is 5.60 Å². The van der Waals surface area contributed by atoms with Gasteiger partial charge in [0.05, 0.1) is 12.7 Å².